The number of nitrogens with one attached hydrogen (secondary N) is 1. The van der Waals surface area contributed by atoms with Gasteiger partial charge in [0.2, 0.25) is 10.0 Å². The third kappa shape index (κ3) is 3.70. The molecule has 2 heterocycles. The molecule has 8 heteroatoms. The summed E-state index contributed by atoms with van der Waals surface area (Å²) in [7, 11) is -3.56. The van der Waals surface area contributed by atoms with Crippen LogP contribution in [0.2, 0.25) is 0 Å². The van der Waals surface area contributed by atoms with Gasteiger partial charge < -0.3 is 5.73 Å². The minimum absolute atomic E-state index is 0.273. The molecular weight excluding hydrogens is 308 g/mol. The maximum absolute atomic E-state index is 12.5. The van der Waals surface area contributed by atoms with Gasteiger partial charge in [0.05, 0.1) is 11.4 Å². The van der Waals surface area contributed by atoms with Crippen LogP contribution >= 0.6 is 11.3 Å². The summed E-state index contributed by atoms with van der Waals surface area (Å²) in [5, 5.41) is 8.15. The third-order valence-corrected chi connectivity index (χ3v) is 5.59. The van der Waals surface area contributed by atoms with Crippen LogP contribution in [0, 0.1) is 13.8 Å². The van der Waals surface area contributed by atoms with Gasteiger partial charge in [-0.1, -0.05) is 0 Å². The van der Waals surface area contributed by atoms with Crippen molar-refractivity contribution in [3.63, 3.8) is 0 Å². The van der Waals surface area contributed by atoms with E-state index in [1.54, 1.807) is 29.9 Å². The van der Waals surface area contributed by atoms with Gasteiger partial charge in [-0.25, -0.2) is 13.1 Å². The zero-order chi connectivity index (χ0) is 15.5. The van der Waals surface area contributed by atoms with Gasteiger partial charge in [0.25, 0.3) is 0 Å². The fraction of sp³-hybridized carbons (Fsp3) is 0.462. The molecule has 116 valence electrons. The number of aromatic nitrogens is 2. The van der Waals surface area contributed by atoms with Crippen LogP contribution in [0.1, 0.15) is 23.4 Å². The van der Waals surface area contributed by atoms with Gasteiger partial charge in [-0.15, -0.1) is 0 Å². The van der Waals surface area contributed by atoms with Crippen molar-refractivity contribution >= 4 is 21.4 Å². The molecule has 0 aliphatic carbocycles. The highest BCUT2D eigenvalue weighted by Crippen LogP contribution is 2.20. The van der Waals surface area contributed by atoms with Gasteiger partial charge in [-0.2, -0.15) is 16.4 Å². The molecule has 0 saturated heterocycles. The van der Waals surface area contributed by atoms with Gasteiger partial charge in [-0.05, 0) is 49.2 Å². The van der Waals surface area contributed by atoms with E-state index < -0.39 is 10.0 Å². The van der Waals surface area contributed by atoms with Crippen LogP contribution in [-0.2, 0) is 23.1 Å². The Balaban J connectivity index is 2.21. The van der Waals surface area contributed by atoms with E-state index in [0.29, 0.717) is 31.0 Å². The van der Waals surface area contributed by atoms with Crippen LogP contribution in [0.15, 0.2) is 21.7 Å². The zero-order valence-corrected chi connectivity index (χ0v) is 13.8. The van der Waals surface area contributed by atoms with Crippen LogP contribution in [0.25, 0.3) is 0 Å². The molecule has 0 amide bonds. The van der Waals surface area contributed by atoms with E-state index in [1.165, 1.54) is 0 Å². The SMILES string of the molecule is Cc1nn(CCCN)c(C)c1S(=O)(=O)NCc1ccsc1. The minimum Gasteiger partial charge on any atom is -0.330 e. The Morgan fingerprint density at radius 2 is 2.19 bits per heavy atom. The van der Waals surface area contributed by atoms with Crippen LogP contribution in [0.3, 0.4) is 0 Å². The number of hydrogen-bond acceptors (Lipinski definition) is 5. The summed E-state index contributed by atoms with van der Waals surface area (Å²) in [6, 6.07) is 1.90. The minimum atomic E-state index is -3.56. The lowest BCUT2D eigenvalue weighted by molar-refractivity contribution is 0.563. The molecule has 0 fully saturated rings. The fourth-order valence-corrected chi connectivity index (χ4v) is 4.27. The van der Waals surface area contributed by atoms with Gasteiger partial charge in [0, 0.05) is 13.1 Å². The van der Waals surface area contributed by atoms with E-state index in [9.17, 15) is 8.42 Å². The highest BCUT2D eigenvalue weighted by molar-refractivity contribution is 7.89. The van der Waals surface area contributed by atoms with Gasteiger partial charge >= 0.3 is 0 Å². The second-order valence-electron chi connectivity index (χ2n) is 4.82. The van der Waals surface area contributed by atoms with Gasteiger partial charge in [0.15, 0.2) is 0 Å². The Labute approximate surface area is 129 Å². The van der Waals surface area contributed by atoms with Gasteiger partial charge in [-0.3, -0.25) is 4.68 Å². The molecule has 2 aromatic rings. The Bertz CT molecular complexity index is 690. The molecule has 0 radical (unpaired) electrons. The lowest BCUT2D eigenvalue weighted by atomic mass is 10.4. The maximum Gasteiger partial charge on any atom is 0.244 e. The molecule has 0 unspecified atom stereocenters. The van der Waals surface area contributed by atoms with Gasteiger partial charge in [0.1, 0.15) is 4.90 Å². The number of nitrogens with two attached hydrogens (primary N) is 1. The number of sulfonamides is 1. The first-order valence-corrected chi connectivity index (χ1v) is 9.13. The van der Waals surface area contributed by atoms with E-state index >= 15 is 0 Å². The first-order chi connectivity index (χ1) is 9.95. The predicted octanol–water partition coefficient (Wildman–Crippen LogP) is 1.39. The molecular formula is C13H20N4O2S2. The van der Waals surface area contributed by atoms with Crippen LogP contribution in [-0.4, -0.2) is 24.7 Å². The Morgan fingerprint density at radius 3 is 2.81 bits per heavy atom. The summed E-state index contributed by atoms with van der Waals surface area (Å²) < 4.78 is 29.3. The molecule has 0 spiro atoms. The molecule has 0 aromatic carbocycles. The lowest BCUT2D eigenvalue weighted by Gasteiger charge is -2.07. The molecule has 0 bridgehead atoms. The molecule has 0 saturated carbocycles. The van der Waals surface area contributed by atoms with Crippen molar-refractivity contribution in [3.8, 4) is 0 Å². The number of hydrogen-bond donors (Lipinski definition) is 2. The van der Waals surface area contributed by atoms with E-state index in [2.05, 4.69) is 9.82 Å². The molecule has 21 heavy (non-hydrogen) atoms. The monoisotopic (exact) mass is 328 g/mol. The number of aryl methyl sites for hydroxylation is 2. The zero-order valence-electron chi connectivity index (χ0n) is 12.2. The summed E-state index contributed by atoms with van der Waals surface area (Å²) in [6.45, 7) is 4.96. The smallest absolute Gasteiger partial charge is 0.244 e. The quantitative estimate of drug-likeness (QED) is 0.803. The van der Waals surface area contributed by atoms with Crippen LogP contribution in [0.4, 0.5) is 0 Å². The van der Waals surface area contributed by atoms with Crippen molar-refractivity contribution < 1.29 is 8.42 Å². The number of rotatable bonds is 7. The third-order valence-electron chi connectivity index (χ3n) is 3.20. The average molecular weight is 328 g/mol. The second-order valence-corrected chi connectivity index (χ2v) is 7.31. The van der Waals surface area contributed by atoms with E-state index in [0.717, 1.165) is 12.0 Å². The fourth-order valence-electron chi connectivity index (χ4n) is 2.17. The molecule has 0 aliphatic rings. The summed E-state index contributed by atoms with van der Waals surface area (Å²) in [5.74, 6) is 0. The van der Waals surface area contributed by atoms with Crippen molar-refractivity contribution in [1.82, 2.24) is 14.5 Å². The molecule has 0 atom stereocenters. The standard InChI is InChI=1S/C13H20N4O2S2/c1-10-13(11(2)17(16-10)6-3-5-14)21(18,19)15-8-12-4-7-20-9-12/h4,7,9,15H,3,5-6,8,14H2,1-2H3. The molecule has 2 rings (SSSR count). The topological polar surface area (TPSA) is 90.0 Å². The summed E-state index contributed by atoms with van der Waals surface area (Å²) in [5.41, 5.74) is 7.61. The van der Waals surface area contributed by atoms with E-state index in [4.69, 9.17) is 5.73 Å². The maximum atomic E-state index is 12.5. The van der Waals surface area contributed by atoms with Crippen molar-refractivity contribution in [2.75, 3.05) is 6.54 Å². The predicted molar refractivity (Wildman–Crippen MR) is 83.7 cm³/mol. The van der Waals surface area contributed by atoms with Crippen molar-refractivity contribution in [2.45, 2.75) is 38.3 Å². The lowest BCUT2D eigenvalue weighted by Crippen LogP contribution is -2.24. The van der Waals surface area contributed by atoms with E-state index in [1.807, 2.05) is 16.8 Å². The Morgan fingerprint density at radius 1 is 1.43 bits per heavy atom. The Kier molecular flexibility index (Phi) is 5.15. The largest absolute Gasteiger partial charge is 0.330 e. The second kappa shape index (κ2) is 6.69. The normalized spacial score (nSPS) is 12.0. The van der Waals surface area contributed by atoms with Crippen molar-refractivity contribution in [2.24, 2.45) is 5.73 Å². The number of nitrogens with zero attached hydrogens (tertiary/aromatic N) is 2. The number of thiophene rings is 1. The molecule has 6 nitrogen and oxygen atoms in total. The highest BCUT2D eigenvalue weighted by atomic mass is 32.2. The van der Waals surface area contributed by atoms with E-state index in [-0.39, 0.29) is 4.90 Å². The molecule has 3 N–H and O–H groups in total. The average Bonchev–Trinajstić information content (AvgIpc) is 3.03. The van der Waals surface area contributed by atoms with Crippen LogP contribution in [0.5, 0.6) is 0 Å². The van der Waals surface area contributed by atoms with Crippen LogP contribution < -0.4 is 10.5 Å². The summed E-state index contributed by atoms with van der Waals surface area (Å²) in [6.07, 6.45) is 0.768. The first kappa shape index (κ1) is 16.2. The molecule has 0 aliphatic heterocycles. The highest BCUT2D eigenvalue weighted by Gasteiger charge is 2.24. The summed E-state index contributed by atoms with van der Waals surface area (Å²) >= 11 is 1.54. The molecule has 2 aromatic heterocycles. The van der Waals surface area contributed by atoms with Crippen molar-refractivity contribution in [3.05, 3.63) is 33.8 Å². The first-order valence-electron chi connectivity index (χ1n) is 6.70. The summed E-state index contributed by atoms with van der Waals surface area (Å²) in [4.78, 5) is 0.273. The Hall–Kier alpha value is -1.22. The van der Waals surface area contributed by atoms with Crippen molar-refractivity contribution in [1.29, 1.82) is 0 Å².